The van der Waals surface area contributed by atoms with Crippen molar-refractivity contribution in [1.82, 2.24) is 19.8 Å². The monoisotopic (exact) mass is 276 g/mol. The molecule has 0 bridgehead atoms. The molecule has 1 aliphatic heterocycles. The van der Waals surface area contributed by atoms with Crippen molar-refractivity contribution in [2.45, 2.75) is 33.7 Å². The minimum Gasteiger partial charge on any atom is -0.340 e. The van der Waals surface area contributed by atoms with Crippen LogP contribution < -0.4 is 0 Å². The maximum absolute atomic E-state index is 12.0. The zero-order chi connectivity index (χ0) is 14.5. The van der Waals surface area contributed by atoms with Crippen LogP contribution in [0.3, 0.4) is 0 Å². The van der Waals surface area contributed by atoms with Crippen LogP contribution in [-0.4, -0.2) is 51.9 Å². The molecule has 1 aromatic heterocycles. The Hall–Kier alpha value is -1.49. The fourth-order valence-electron chi connectivity index (χ4n) is 2.39. The Morgan fingerprint density at radius 1 is 1.20 bits per heavy atom. The number of aryl methyl sites for hydroxylation is 1. The van der Waals surface area contributed by atoms with E-state index in [1.54, 1.807) is 0 Å². The molecule has 20 heavy (non-hydrogen) atoms. The molecule has 2 rings (SSSR count). The number of rotatable bonds is 4. The lowest BCUT2D eigenvalue weighted by atomic mass is 10.1. The van der Waals surface area contributed by atoms with E-state index in [9.17, 15) is 4.79 Å². The molecular formula is C15H24N4O. The standard InChI is InChI=1S/C15H24N4O/c1-12(2)8-15(20)19-6-4-18(5-7-19)11-14-9-16-13(3)17-10-14/h9-10,12H,4-8,11H2,1-3H3. The highest BCUT2D eigenvalue weighted by atomic mass is 16.2. The van der Waals surface area contributed by atoms with Gasteiger partial charge in [-0.15, -0.1) is 0 Å². The molecule has 0 atom stereocenters. The van der Waals surface area contributed by atoms with E-state index in [0.717, 1.165) is 44.1 Å². The van der Waals surface area contributed by atoms with Gasteiger partial charge in [-0.2, -0.15) is 0 Å². The van der Waals surface area contributed by atoms with E-state index in [1.807, 2.05) is 24.2 Å². The van der Waals surface area contributed by atoms with Gasteiger partial charge < -0.3 is 4.90 Å². The van der Waals surface area contributed by atoms with Gasteiger partial charge in [0.1, 0.15) is 5.82 Å². The van der Waals surface area contributed by atoms with Crippen LogP contribution in [0.2, 0.25) is 0 Å². The fraction of sp³-hybridized carbons (Fsp3) is 0.667. The molecule has 1 aromatic rings. The highest BCUT2D eigenvalue weighted by molar-refractivity contribution is 5.76. The molecule has 110 valence electrons. The number of hydrogen-bond acceptors (Lipinski definition) is 4. The summed E-state index contributed by atoms with van der Waals surface area (Å²) in [5.41, 5.74) is 1.14. The summed E-state index contributed by atoms with van der Waals surface area (Å²) in [6.45, 7) is 10.5. The average Bonchev–Trinajstić information content (AvgIpc) is 2.41. The second kappa shape index (κ2) is 6.79. The Labute approximate surface area is 121 Å². The number of carbonyl (C=O) groups is 1. The molecule has 0 saturated carbocycles. The lowest BCUT2D eigenvalue weighted by molar-refractivity contribution is -0.133. The van der Waals surface area contributed by atoms with Crippen molar-refractivity contribution in [2.24, 2.45) is 5.92 Å². The number of carbonyl (C=O) groups excluding carboxylic acids is 1. The second-order valence-corrected chi connectivity index (χ2v) is 5.89. The third kappa shape index (κ3) is 4.27. The number of piperazine rings is 1. The Morgan fingerprint density at radius 3 is 2.35 bits per heavy atom. The van der Waals surface area contributed by atoms with Crippen LogP contribution in [0.25, 0.3) is 0 Å². The van der Waals surface area contributed by atoms with E-state index < -0.39 is 0 Å². The second-order valence-electron chi connectivity index (χ2n) is 5.89. The van der Waals surface area contributed by atoms with Crippen LogP contribution in [0.1, 0.15) is 31.7 Å². The summed E-state index contributed by atoms with van der Waals surface area (Å²) in [4.78, 5) is 24.8. The Morgan fingerprint density at radius 2 is 1.80 bits per heavy atom. The van der Waals surface area contributed by atoms with E-state index in [0.29, 0.717) is 18.2 Å². The van der Waals surface area contributed by atoms with Gasteiger partial charge in [-0.05, 0) is 12.8 Å². The summed E-state index contributed by atoms with van der Waals surface area (Å²) >= 11 is 0. The van der Waals surface area contributed by atoms with E-state index >= 15 is 0 Å². The summed E-state index contributed by atoms with van der Waals surface area (Å²) in [7, 11) is 0. The maximum atomic E-state index is 12.0. The van der Waals surface area contributed by atoms with Gasteiger partial charge in [0, 0.05) is 57.1 Å². The molecule has 1 fully saturated rings. The predicted molar refractivity (Wildman–Crippen MR) is 78.1 cm³/mol. The van der Waals surface area contributed by atoms with Crippen LogP contribution >= 0.6 is 0 Å². The first-order valence-corrected chi connectivity index (χ1v) is 7.32. The molecule has 5 nitrogen and oxygen atoms in total. The van der Waals surface area contributed by atoms with E-state index in [4.69, 9.17) is 0 Å². The molecule has 1 aliphatic rings. The molecule has 0 radical (unpaired) electrons. The number of hydrogen-bond donors (Lipinski definition) is 0. The molecule has 2 heterocycles. The molecule has 0 N–H and O–H groups in total. The molecule has 0 spiro atoms. The van der Waals surface area contributed by atoms with Gasteiger partial charge in [-0.3, -0.25) is 9.69 Å². The topological polar surface area (TPSA) is 49.3 Å². The van der Waals surface area contributed by atoms with Crippen molar-refractivity contribution < 1.29 is 4.79 Å². The maximum Gasteiger partial charge on any atom is 0.222 e. The Balaban J connectivity index is 1.79. The highest BCUT2D eigenvalue weighted by Gasteiger charge is 2.21. The van der Waals surface area contributed by atoms with Gasteiger partial charge >= 0.3 is 0 Å². The first-order valence-electron chi connectivity index (χ1n) is 7.32. The SMILES string of the molecule is Cc1ncc(CN2CCN(C(=O)CC(C)C)CC2)cn1. The van der Waals surface area contributed by atoms with Crippen molar-refractivity contribution >= 4 is 5.91 Å². The fourth-order valence-corrected chi connectivity index (χ4v) is 2.39. The summed E-state index contributed by atoms with van der Waals surface area (Å²) in [5.74, 6) is 1.53. The number of aromatic nitrogens is 2. The van der Waals surface area contributed by atoms with Crippen LogP contribution in [-0.2, 0) is 11.3 Å². The van der Waals surface area contributed by atoms with Crippen molar-refractivity contribution in [3.63, 3.8) is 0 Å². The predicted octanol–water partition coefficient (Wildman–Crippen LogP) is 1.48. The Bertz CT molecular complexity index is 436. The van der Waals surface area contributed by atoms with Crippen LogP contribution in [0.4, 0.5) is 0 Å². The summed E-state index contributed by atoms with van der Waals surface area (Å²) < 4.78 is 0. The summed E-state index contributed by atoms with van der Waals surface area (Å²) in [5, 5.41) is 0. The first-order chi connectivity index (χ1) is 9.54. The lowest BCUT2D eigenvalue weighted by Crippen LogP contribution is -2.48. The third-order valence-corrected chi connectivity index (χ3v) is 3.55. The minimum atomic E-state index is 0.290. The first kappa shape index (κ1) is 14.9. The van der Waals surface area contributed by atoms with Gasteiger partial charge in [-0.1, -0.05) is 13.8 Å². The van der Waals surface area contributed by atoms with Crippen molar-refractivity contribution in [1.29, 1.82) is 0 Å². The molecule has 0 aromatic carbocycles. The molecular weight excluding hydrogens is 252 g/mol. The van der Waals surface area contributed by atoms with Crippen LogP contribution in [0.15, 0.2) is 12.4 Å². The Kier molecular flexibility index (Phi) is 5.06. The van der Waals surface area contributed by atoms with Crippen molar-refractivity contribution in [3.05, 3.63) is 23.8 Å². The zero-order valence-electron chi connectivity index (χ0n) is 12.7. The van der Waals surface area contributed by atoms with Gasteiger partial charge in [-0.25, -0.2) is 9.97 Å². The van der Waals surface area contributed by atoms with Crippen molar-refractivity contribution in [3.8, 4) is 0 Å². The highest BCUT2D eigenvalue weighted by Crippen LogP contribution is 2.10. The normalized spacial score (nSPS) is 16.7. The van der Waals surface area contributed by atoms with Crippen LogP contribution in [0.5, 0.6) is 0 Å². The largest absolute Gasteiger partial charge is 0.340 e. The number of amides is 1. The van der Waals surface area contributed by atoms with Gasteiger partial charge in [0.05, 0.1) is 0 Å². The lowest BCUT2D eigenvalue weighted by Gasteiger charge is -2.35. The smallest absolute Gasteiger partial charge is 0.222 e. The third-order valence-electron chi connectivity index (χ3n) is 3.55. The van der Waals surface area contributed by atoms with E-state index in [-0.39, 0.29) is 0 Å². The van der Waals surface area contributed by atoms with Gasteiger partial charge in [0.2, 0.25) is 5.91 Å². The molecule has 5 heteroatoms. The summed E-state index contributed by atoms with van der Waals surface area (Å²) in [6, 6.07) is 0. The van der Waals surface area contributed by atoms with Gasteiger partial charge in [0.25, 0.3) is 0 Å². The van der Waals surface area contributed by atoms with Crippen molar-refractivity contribution in [2.75, 3.05) is 26.2 Å². The minimum absolute atomic E-state index is 0.290. The quantitative estimate of drug-likeness (QED) is 0.835. The van der Waals surface area contributed by atoms with Gasteiger partial charge in [0.15, 0.2) is 0 Å². The molecule has 1 amide bonds. The molecule has 0 unspecified atom stereocenters. The van der Waals surface area contributed by atoms with E-state index in [1.165, 1.54) is 0 Å². The van der Waals surface area contributed by atoms with E-state index in [2.05, 4.69) is 28.7 Å². The average molecular weight is 276 g/mol. The number of nitrogens with zero attached hydrogens (tertiary/aromatic N) is 4. The zero-order valence-corrected chi connectivity index (χ0v) is 12.7. The van der Waals surface area contributed by atoms with Crippen LogP contribution in [0, 0.1) is 12.8 Å². The molecule has 0 aliphatic carbocycles. The molecule has 1 saturated heterocycles. The summed E-state index contributed by atoms with van der Waals surface area (Å²) in [6.07, 6.45) is 4.43.